The largest absolute Gasteiger partial charge is 0.519 e. The standard InChI is InChI=1S/C43H31N5O9/c49-41(52-32-10-4-1-5-11-32)55-35-22-16-29(17-23-35)44-38-28-39(45-30-18-24-36(25-19-30)56-42(50)53-33-12-6-2-7-13-33)48-40(47-38)46-31-20-26-37(27-21-31)57-43(51)54-34-14-8-3-9-15-34/h1-28H,(H3,44,45,46,47,48). The summed E-state index contributed by atoms with van der Waals surface area (Å²) in [5.74, 6) is 2.91. The van der Waals surface area contributed by atoms with Crippen molar-refractivity contribution in [1.82, 2.24) is 9.97 Å². The van der Waals surface area contributed by atoms with Crippen LogP contribution in [0.2, 0.25) is 0 Å². The third-order valence-electron chi connectivity index (χ3n) is 7.53. The van der Waals surface area contributed by atoms with Gasteiger partial charge in [-0.15, -0.1) is 0 Å². The maximum absolute atomic E-state index is 12.3. The maximum atomic E-state index is 12.3. The number of hydrogen-bond donors (Lipinski definition) is 3. The fourth-order valence-corrected chi connectivity index (χ4v) is 4.98. The first kappa shape index (κ1) is 36.9. The number of hydrogen-bond acceptors (Lipinski definition) is 14. The maximum Gasteiger partial charge on any atom is 0.519 e. The summed E-state index contributed by atoms with van der Waals surface area (Å²) in [5, 5.41) is 9.63. The normalized spacial score (nSPS) is 10.3. The Kier molecular flexibility index (Phi) is 11.7. The second-order valence-electron chi connectivity index (χ2n) is 11.7. The molecule has 0 saturated carbocycles. The van der Waals surface area contributed by atoms with Gasteiger partial charge in [0, 0.05) is 23.1 Å². The van der Waals surface area contributed by atoms with E-state index in [-0.39, 0.29) is 23.2 Å². The van der Waals surface area contributed by atoms with Gasteiger partial charge in [-0.3, -0.25) is 0 Å². The summed E-state index contributed by atoms with van der Waals surface area (Å²) in [7, 11) is 0. The minimum absolute atomic E-state index is 0.215. The molecular weight excluding hydrogens is 730 g/mol. The van der Waals surface area contributed by atoms with Gasteiger partial charge in [0.1, 0.15) is 46.1 Å². The molecule has 6 aromatic carbocycles. The van der Waals surface area contributed by atoms with Gasteiger partial charge in [-0.25, -0.2) is 14.4 Å². The third kappa shape index (κ3) is 11.3. The van der Waals surface area contributed by atoms with Crippen molar-refractivity contribution in [1.29, 1.82) is 0 Å². The molecule has 0 radical (unpaired) electrons. The predicted molar refractivity (Wildman–Crippen MR) is 210 cm³/mol. The molecule has 0 spiro atoms. The number of ether oxygens (including phenoxy) is 6. The second-order valence-corrected chi connectivity index (χ2v) is 11.7. The van der Waals surface area contributed by atoms with Crippen LogP contribution < -0.4 is 44.4 Å². The Hall–Kier alpha value is -8.39. The number of nitrogens with zero attached hydrogens (tertiary/aromatic N) is 2. The Morgan fingerprint density at radius 1 is 0.333 bits per heavy atom. The number of aromatic nitrogens is 2. The first-order chi connectivity index (χ1) is 27.9. The lowest BCUT2D eigenvalue weighted by Crippen LogP contribution is -2.13. The van der Waals surface area contributed by atoms with Gasteiger partial charge in [0.05, 0.1) is 0 Å². The average Bonchev–Trinajstić information content (AvgIpc) is 3.21. The monoisotopic (exact) mass is 761 g/mol. The number of carbonyl (C=O) groups excluding carboxylic acids is 3. The highest BCUT2D eigenvalue weighted by Gasteiger charge is 2.13. The van der Waals surface area contributed by atoms with Gasteiger partial charge in [-0.05, 0) is 109 Å². The quantitative estimate of drug-likeness (QED) is 0.0794. The summed E-state index contributed by atoms with van der Waals surface area (Å²) in [4.78, 5) is 46.0. The second kappa shape index (κ2) is 18.1. The summed E-state index contributed by atoms with van der Waals surface area (Å²) in [6.45, 7) is 0. The number of benzene rings is 6. The van der Waals surface area contributed by atoms with E-state index >= 15 is 0 Å². The predicted octanol–water partition coefficient (Wildman–Crippen LogP) is 10.4. The van der Waals surface area contributed by atoms with Crippen LogP contribution in [-0.2, 0) is 0 Å². The van der Waals surface area contributed by atoms with E-state index in [0.29, 0.717) is 45.9 Å². The molecule has 1 heterocycles. The van der Waals surface area contributed by atoms with Crippen LogP contribution in [0.15, 0.2) is 170 Å². The molecule has 0 amide bonds. The van der Waals surface area contributed by atoms with E-state index in [9.17, 15) is 14.4 Å². The zero-order valence-electron chi connectivity index (χ0n) is 29.7. The Balaban J connectivity index is 1.03. The van der Waals surface area contributed by atoms with E-state index in [1.165, 1.54) is 0 Å². The van der Waals surface area contributed by atoms with Crippen LogP contribution in [0.3, 0.4) is 0 Å². The van der Waals surface area contributed by atoms with Crippen molar-refractivity contribution in [2.24, 2.45) is 0 Å². The summed E-state index contributed by atoms with van der Waals surface area (Å²) < 4.78 is 31.5. The molecule has 0 bridgehead atoms. The Labute approximate surface area is 325 Å². The average molecular weight is 762 g/mol. The van der Waals surface area contributed by atoms with E-state index in [2.05, 4.69) is 25.9 Å². The summed E-state index contributed by atoms with van der Waals surface area (Å²) >= 11 is 0. The highest BCUT2D eigenvalue weighted by atomic mass is 16.7. The number of nitrogens with one attached hydrogen (secondary N) is 3. The topological polar surface area (TPSA) is 168 Å². The van der Waals surface area contributed by atoms with Gasteiger partial charge in [0.25, 0.3) is 0 Å². The fraction of sp³-hybridized carbons (Fsp3) is 0. The van der Waals surface area contributed by atoms with E-state index in [1.807, 2.05) is 18.2 Å². The van der Waals surface area contributed by atoms with Crippen LogP contribution in [0.25, 0.3) is 0 Å². The molecule has 0 fully saturated rings. The van der Waals surface area contributed by atoms with Gasteiger partial charge in [-0.2, -0.15) is 9.97 Å². The molecule has 0 saturated heterocycles. The molecule has 0 atom stereocenters. The Morgan fingerprint density at radius 2 is 0.596 bits per heavy atom. The van der Waals surface area contributed by atoms with E-state index in [1.54, 1.807) is 152 Å². The third-order valence-corrected chi connectivity index (χ3v) is 7.53. The molecule has 0 unspecified atom stereocenters. The van der Waals surface area contributed by atoms with Gasteiger partial charge in [0.2, 0.25) is 5.95 Å². The van der Waals surface area contributed by atoms with Gasteiger partial charge in [0.15, 0.2) is 0 Å². The minimum atomic E-state index is -0.877. The fourth-order valence-electron chi connectivity index (χ4n) is 4.98. The molecule has 0 aliphatic heterocycles. The summed E-state index contributed by atoms with van der Waals surface area (Å²) in [6.07, 6.45) is -2.62. The van der Waals surface area contributed by atoms with Crippen molar-refractivity contribution in [2.45, 2.75) is 0 Å². The lowest BCUT2D eigenvalue weighted by atomic mass is 10.3. The van der Waals surface area contributed by atoms with Gasteiger partial charge >= 0.3 is 18.5 Å². The van der Waals surface area contributed by atoms with E-state index in [4.69, 9.17) is 28.4 Å². The van der Waals surface area contributed by atoms with Crippen LogP contribution in [0.5, 0.6) is 34.5 Å². The molecule has 14 heteroatoms. The number of anilines is 6. The molecule has 0 aliphatic rings. The first-order valence-electron chi connectivity index (χ1n) is 17.2. The van der Waals surface area contributed by atoms with Crippen molar-refractivity contribution in [3.8, 4) is 34.5 Å². The smallest absolute Gasteiger partial charge is 0.395 e. The molecule has 3 N–H and O–H groups in total. The minimum Gasteiger partial charge on any atom is -0.395 e. The van der Waals surface area contributed by atoms with E-state index in [0.717, 1.165) is 0 Å². The molecular formula is C43H31N5O9. The van der Waals surface area contributed by atoms with Crippen LogP contribution in [0.1, 0.15) is 0 Å². The van der Waals surface area contributed by atoms with Crippen molar-refractivity contribution in [3.05, 3.63) is 170 Å². The molecule has 7 rings (SSSR count). The SMILES string of the molecule is O=C(Oc1ccccc1)Oc1ccc(Nc2cc(Nc3ccc(OC(=O)Oc4ccccc4)cc3)nc(Nc3ccc(OC(=O)Oc4ccccc4)cc3)n2)cc1. The van der Waals surface area contributed by atoms with Crippen molar-refractivity contribution >= 4 is 53.1 Å². The Morgan fingerprint density at radius 3 is 0.895 bits per heavy atom. The molecule has 7 aromatic rings. The van der Waals surface area contributed by atoms with Crippen molar-refractivity contribution in [2.75, 3.05) is 16.0 Å². The van der Waals surface area contributed by atoms with Crippen molar-refractivity contribution < 1.29 is 42.8 Å². The summed E-state index contributed by atoms with van der Waals surface area (Å²) in [6, 6.07) is 47.2. The van der Waals surface area contributed by atoms with Crippen LogP contribution in [0, 0.1) is 0 Å². The lowest BCUT2D eigenvalue weighted by molar-refractivity contribution is 0.150. The Bertz CT molecular complexity index is 2130. The molecule has 57 heavy (non-hydrogen) atoms. The number of carbonyl (C=O) groups is 3. The highest BCUT2D eigenvalue weighted by molar-refractivity contribution is 5.71. The lowest BCUT2D eigenvalue weighted by Gasteiger charge is -2.13. The molecule has 1 aromatic heterocycles. The van der Waals surface area contributed by atoms with Gasteiger partial charge < -0.3 is 44.4 Å². The zero-order chi connectivity index (χ0) is 39.2. The number of para-hydroxylation sites is 3. The highest BCUT2D eigenvalue weighted by Crippen LogP contribution is 2.27. The zero-order valence-corrected chi connectivity index (χ0v) is 29.7. The van der Waals surface area contributed by atoms with Crippen LogP contribution in [-0.4, -0.2) is 28.4 Å². The first-order valence-corrected chi connectivity index (χ1v) is 17.2. The van der Waals surface area contributed by atoms with Crippen LogP contribution >= 0.6 is 0 Å². The molecule has 14 nitrogen and oxygen atoms in total. The number of rotatable bonds is 12. The van der Waals surface area contributed by atoms with Crippen LogP contribution in [0.4, 0.5) is 49.0 Å². The summed E-state index contributed by atoms with van der Waals surface area (Å²) in [5.41, 5.74) is 1.85. The van der Waals surface area contributed by atoms with Gasteiger partial charge in [-0.1, -0.05) is 54.6 Å². The molecule has 0 aliphatic carbocycles. The van der Waals surface area contributed by atoms with Crippen molar-refractivity contribution in [3.63, 3.8) is 0 Å². The van der Waals surface area contributed by atoms with E-state index < -0.39 is 18.5 Å². The molecule has 282 valence electrons.